The largest absolute Gasteiger partial charge is 0.372 e. The van der Waals surface area contributed by atoms with Crippen LogP contribution >= 0.6 is 0 Å². The van der Waals surface area contributed by atoms with Crippen LogP contribution in [0.1, 0.15) is 79.1 Å². The summed E-state index contributed by atoms with van der Waals surface area (Å²) in [6.45, 7) is 10.3. The quantitative estimate of drug-likeness (QED) is 0.802. The van der Waals surface area contributed by atoms with Gasteiger partial charge in [0, 0.05) is 6.04 Å². The minimum Gasteiger partial charge on any atom is -0.372 e. The van der Waals surface area contributed by atoms with Gasteiger partial charge in [0.15, 0.2) is 0 Å². The first-order valence-electron chi connectivity index (χ1n) is 8.36. The summed E-state index contributed by atoms with van der Waals surface area (Å²) in [6.07, 6.45) is 11.0. The Kier molecular flexibility index (Phi) is 4.94. The summed E-state index contributed by atoms with van der Waals surface area (Å²) in [7, 11) is 0. The van der Waals surface area contributed by atoms with Crippen LogP contribution in [0.3, 0.4) is 0 Å². The number of nitrogens with one attached hydrogen (secondary N) is 1. The van der Waals surface area contributed by atoms with Crippen LogP contribution < -0.4 is 5.32 Å². The van der Waals surface area contributed by atoms with Gasteiger partial charge in [-0.25, -0.2) is 0 Å². The van der Waals surface area contributed by atoms with Crippen molar-refractivity contribution in [2.45, 2.75) is 96.8 Å². The maximum atomic E-state index is 6.42. The summed E-state index contributed by atoms with van der Waals surface area (Å²) in [5.41, 5.74) is 0.653. The van der Waals surface area contributed by atoms with Crippen molar-refractivity contribution in [3.8, 4) is 0 Å². The molecule has 2 aliphatic rings. The van der Waals surface area contributed by atoms with Crippen molar-refractivity contribution in [2.75, 3.05) is 6.54 Å². The third-order valence-electron chi connectivity index (χ3n) is 5.13. The van der Waals surface area contributed by atoms with Crippen molar-refractivity contribution < 1.29 is 4.74 Å². The molecule has 0 bridgehead atoms. The Morgan fingerprint density at radius 1 is 1.21 bits per heavy atom. The first kappa shape index (κ1) is 15.3. The third kappa shape index (κ3) is 3.95. The number of hydrogen-bond donors (Lipinski definition) is 1. The zero-order chi connectivity index (χ0) is 13.9. The van der Waals surface area contributed by atoms with Crippen LogP contribution in [0.2, 0.25) is 0 Å². The zero-order valence-electron chi connectivity index (χ0n) is 13.4. The fourth-order valence-electron chi connectivity index (χ4n) is 3.93. The van der Waals surface area contributed by atoms with Crippen LogP contribution in [0.15, 0.2) is 0 Å². The Morgan fingerprint density at radius 3 is 2.47 bits per heavy atom. The molecule has 2 nitrogen and oxygen atoms in total. The molecule has 19 heavy (non-hydrogen) atoms. The topological polar surface area (TPSA) is 21.3 Å². The van der Waals surface area contributed by atoms with E-state index in [0.29, 0.717) is 23.2 Å². The Labute approximate surface area is 119 Å². The van der Waals surface area contributed by atoms with E-state index in [1.807, 2.05) is 0 Å². The van der Waals surface area contributed by atoms with E-state index < -0.39 is 0 Å². The van der Waals surface area contributed by atoms with Gasteiger partial charge in [-0.3, -0.25) is 0 Å². The highest BCUT2D eigenvalue weighted by molar-refractivity contribution is 4.93. The Morgan fingerprint density at radius 2 is 1.89 bits per heavy atom. The molecule has 0 amide bonds. The molecular weight excluding hydrogens is 234 g/mol. The number of rotatable bonds is 5. The van der Waals surface area contributed by atoms with Crippen LogP contribution in [-0.2, 0) is 4.74 Å². The molecule has 0 aromatic carbocycles. The molecule has 1 spiro atoms. The van der Waals surface area contributed by atoms with Crippen molar-refractivity contribution >= 4 is 0 Å². The summed E-state index contributed by atoms with van der Waals surface area (Å²) < 4.78 is 6.42. The Balaban J connectivity index is 1.78. The van der Waals surface area contributed by atoms with Gasteiger partial charge in [-0.15, -0.1) is 0 Å². The van der Waals surface area contributed by atoms with Gasteiger partial charge < -0.3 is 10.1 Å². The van der Waals surface area contributed by atoms with Crippen molar-refractivity contribution in [3.63, 3.8) is 0 Å². The van der Waals surface area contributed by atoms with Gasteiger partial charge in [-0.2, -0.15) is 0 Å². The summed E-state index contributed by atoms with van der Waals surface area (Å²) in [5.74, 6) is 0. The third-order valence-corrected chi connectivity index (χ3v) is 5.13. The molecule has 1 aliphatic carbocycles. The Bertz CT molecular complexity index is 275. The van der Waals surface area contributed by atoms with E-state index in [0.717, 1.165) is 6.54 Å². The number of hydrogen-bond acceptors (Lipinski definition) is 2. The molecule has 1 N–H and O–H groups in total. The maximum absolute atomic E-state index is 6.42. The SMILES string of the molecule is CCNC(CCC1CCC2(CCCC2)O1)C(C)(C)C. The van der Waals surface area contributed by atoms with Crippen LogP contribution in [0.5, 0.6) is 0 Å². The molecule has 1 saturated heterocycles. The van der Waals surface area contributed by atoms with Crippen LogP contribution in [0, 0.1) is 5.41 Å². The molecule has 0 aromatic rings. The van der Waals surface area contributed by atoms with Crippen molar-refractivity contribution in [2.24, 2.45) is 5.41 Å². The van der Waals surface area contributed by atoms with Gasteiger partial charge >= 0.3 is 0 Å². The second-order valence-electron chi connectivity index (χ2n) is 7.72. The van der Waals surface area contributed by atoms with Gasteiger partial charge in [0.05, 0.1) is 11.7 Å². The van der Waals surface area contributed by atoms with Crippen LogP contribution in [0.4, 0.5) is 0 Å². The van der Waals surface area contributed by atoms with E-state index >= 15 is 0 Å². The van der Waals surface area contributed by atoms with E-state index in [1.54, 1.807) is 0 Å². The molecule has 112 valence electrons. The second-order valence-corrected chi connectivity index (χ2v) is 7.72. The first-order chi connectivity index (χ1) is 8.95. The molecule has 1 saturated carbocycles. The molecule has 2 atom stereocenters. The summed E-state index contributed by atoms with van der Waals surface area (Å²) in [4.78, 5) is 0. The smallest absolute Gasteiger partial charge is 0.0687 e. The molecule has 1 aliphatic heterocycles. The lowest BCUT2D eigenvalue weighted by molar-refractivity contribution is -0.0411. The molecule has 2 fully saturated rings. The predicted molar refractivity (Wildman–Crippen MR) is 81.5 cm³/mol. The van der Waals surface area contributed by atoms with Crippen molar-refractivity contribution in [1.82, 2.24) is 5.32 Å². The van der Waals surface area contributed by atoms with E-state index in [9.17, 15) is 0 Å². The van der Waals surface area contributed by atoms with Gasteiger partial charge in [-0.1, -0.05) is 40.5 Å². The lowest BCUT2D eigenvalue weighted by atomic mass is 9.83. The average molecular weight is 267 g/mol. The molecule has 0 radical (unpaired) electrons. The van der Waals surface area contributed by atoms with E-state index in [4.69, 9.17) is 4.74 Å². The summed E-state index contributed by atoms with van der Waals surface area (Å²) >= 11 is 0. The monoisotopic (exact) mass is 267 g/mol. The van der Waals surface area contributed by atoms with Gasteiger partial charge in [0.2, 0.25) is 0 Å². The normalized spacial score (nSPS) is 28.1. The van der Waals surface area contributed by atoms with Gasteiger partial charge in [-0.05, 0) is 50.5 Å². The fraction of sp³-hybridized carbons (Fsp3) is 1.00. The van der Waals surface area contributed by atoms with Crippen LogP contribution in [0.25, 0.3) is 0 Å². The summed E-state index contributed by atoms with van der Waals surface area (Å²) in [6, 6.07) is 0.612. The van der Waals surface area contributed by atoms with E-state index in [-0.39, 0.29) is 0 Å². The lowest BCUT2D eigenvalue weighted by Gasteiger charge is -2.32. The van der Waals surface area contributed by atoms with Gasteiger partial charge in [0.25, 0.3) is 0 Å². The zero-order valence-corrected chi connectivity index (χ0v) is 13.4. The molecule has 1 heterocycles. The predicted octanol–water partition coefficient (Wildman–Crippen LogP) is 4.28. The van der Waals surface area contributed by atoms with Crippen molar-refractivity contribution in [1.29, 1.82) is 0 Å². The minimum atomic E-state index is 0.306. The molecule has 0 aromatic heterocycles. The maximum Gasteiger partial charge on any atom is 0.0687 e. The van der Waals surface area contributed by atoms with E-state index in [1.165, 1.54) is 51.4 Å². The van der Waals surface area contributed by atoms with Gasteiger partial charge in [0.1, 0.15) is 0 Å². The summed E-state index contributed by atoms with van der Waals surface area (Å²) in [5, 5.41) is 3.65. The standard InChI is InChI=1S/C17H33NO/c1-5-18-15(16(2,3)4)9-8-14-10-13-17(19-14)11-6-7-12-17/h14-15,18H,5-13H2,1-4H3. The highest BCUT2D eigenvalue weighted by Crippen LogP contribution is 2.44. The highest BCUT2D eigenvalue weighted by Gasteiger charge is 2.42. The first-order valence-corrected chi connectivity index (χ1v) is 8.36. The minimum absolute atomic E-state index is 0.306. The van der Waals surface area contributed by atoms with E-state index in [2.05, 4.69) is 33.0 Å². The van der Waals surface area contributed by atoms with Crippen molar-refractivity contribution in [3.05, 3.63) is 0 Å². The molecule has 2 heteroatoms. The van der Waals surface area contributed by atoms with Crippen LogP contribution in [-0.4, -0.2) is 24.3 Å². The average Bonchev–Trinajstić information content (AvgIpc) is 2.94. The Hall–Kier alpha value is -0.0800. The molecular formula is C17H33NO. The molecule has 2 rings (SSSR count). The number of ether oxygens (including phenoxy) is 1. The second kappa shape index (κ2) is 6.13. The highest BCUT2D eigenvalue weighted by atomic mass is 16.5. The fourth-order valence-corrected chi connectivity index (χ4v) is 3.93. The lowest BCUT2D eigenvalue weighted by Crippen LogP contribution is -2.40. The molecule has 2 unspecified atom stereocenters.